The van der Waals surface area contributed by atoms with E-state index in [0.29, 0.717) is 17.8 Å². The van der Waals surface area contributed by atoms with Crippen LogP contribution < -0.4 is 0 Å². The molecule has 12 heavy (non-hydrogen) atoms. The van der Waals surface area contributed by atoms with Gasteiger partial charge >= 0.3 is 10.4 Å². The largest absolute Gasteiger partial charge is 0.408 e. The molecule has 0 saturated carbocycles. The molecule has 0 aromatic carbocycles. The molecule has 0 bridgehead atoms. The fourth-order valence-electron chi connectivity index (χ4n) is 0.940. The molecule has 7 heteroatoms. The van der Waals surface area contributed by atoms with Gasteiger partial charge in [0, 0.05) is 24.4 Å². The Balaban J connectivity index is 2.09. The van der Waals surface area contributed by atoms with Gasteiger partial charge in [0.15, 0.2) is 0 Å². The summed E-state index contributed by atoms with van der Waals surface area (Å²) < 4.78 is 37.6. The minimum absolute atomic E-state index is 0.0525. The minimum atomic E-state index is -4.31. The quantitative estimate of drug-likeness (QED) is 0.546. The van der Waals surface area contributed by atoms with Crippen molar-refractivity contribution in [2.24, 2.45) is 0 Å². The highest BCUT2D eigenvalue weighted by Crippen LogP contribution is 2.18. The lowest BCUT2D eigenvalue weighted by molar-refractivity contribution is 0.128. The maximum absolute atomic E-state index is 10.1. The fraction of sp³-hybridized carbons (Fsp3) is 1.00. The zero-order valence-corrected chi connectivity index (χ0v) is 7.94. The first-order valence-corrected chi connectivity index (χ1v) is 5.75. The van der Waals surface area contributed by atoms with Gasteiger partial charge in [0.05, 0.1) is 6.10 Å². The summed E-state index contributed by atoms with van der Waals surface area (Å²) >= 11 is 0.694. The van der Waals surface area contributed by atoms with Gasteiger partial charge in [-0.2, -0.15) is 12.0 Å². The molecule has 0 radical (unpaired) electrons. The Morgan fingerprint density at radius 1 is 1.67 bits per heavy atom. The third-order valence-electron chi connectivity index (χ3n) is 1.41. The lowest BCUT2D eigenvalue weighted by Gasteiger charge is -2.05. The summed E-state index contributed by atoms with van der Waals surface area (Å²) in [5, 5.41) is 0. The maximum atomic E-state index is 10.1. The zero-order valence-electron chi connectivity index (χ0n) is 6.30. The van der Waals surface area contributed by atoms with Crippen LogP contribution in [-0.2, 0) is 18.8 Å². The second-order valence-electron chi connectivity index (χ2n) is 2.42. The summed E-state index contributed by atoms with van der Waals surface area (Å²) in [6, 6.07) is 0. The van der Waals surface area contributed by atoms with Crippen molar-refractivity contribution in [3.8, 4) is 0 Å². The summed E-state index contributed by atoms with van der Waals surface area (Å²) in [5.74, 6) is 0.430. The summed E-state index contributed by atoms with van der Waals surface area (Å²) in [5.41, 5.74) is 0. The molecule has 1 aliphatic heterocycles. The van der Waals surface area contributed by atoms with Crippen LogP contribution in [0.15, 0.2) is 0 Å². The van der Waals surface area contributed by atoms with Gasteiger partial charge in [-0.3, -0.25) is 4.55 Å². The lowest BCUT2D eigenvalue weighted by Crippen LogP contribution is -2.09. The van der Waals surface area contributed by atoms with Crippen LogP contribution in [0.1, 0.15) is 12.8 Å². The first-order valence-electron chi connectivity index (χ1n) is 3.48. The standard InChI is InChI=1S/C5H10O5S2/c6-12(7,8)10-11-4-5-2-1-3-9-5/h5H,1-4H2,(H,6,7,8). The Labute approximate surface area is 75.6 Å². The number of rotatable bonds is 4. The van der Waals surface area contributed by atoms with Crippen molar-refractivity contribution >= 4 is 22.4 Å². The second kappa shape index (κ2) is 4.43. The molecule has 1 N–H and O–H groups in total. The average Bonchev–Trinajstić information content (AvgIpc) is 2.36. The molecule has 1 aliphatic rings. The van der Waals surface area contributed by atoms with Gasteiger partial charge in [0.1, 0.15) is 0 Å². The predicted octanol–water partition coefficient (Wildman–Crippen LogP) is 0.633. The second-order valence-corrected chi connectivity index (χ2v) is 4.38. The molecule has 0 aromatic heterocycles. The van der Waals surface area contributed by atoms with Gasteiger partial charge in [-0.15, -0.1) is 0 Å². The third kappa shape index (κ3) is 4.27. The zero-order chi connectivity index (χ0) is 9.03. The highest BCUT2D eigenvalue weighted by atomic mass is 32.3. The summed E-state index contributed by atoms with van der Waals surface area (Å²) in [6.07, 6.45) is 1.97. The van der Waals surface area contributed by atoms with Crippen molar-refractivity contribution in [3.05, 3.63) is 0 Å². The van der Waals surface area contributed by atoms with E-state index in [0.717, 1.165) is 19.4 Å². The topological polar surface area (TPSA) is 72.8 Å². The van der Waals surface area contributed by atoms with E-state index in [1.54, 1.807) is 0 Å². The lowest BCUT2D eigenvalue weighted by atomic mass is 10.3. The van der Waals surface area contributed by atoms with Crippen molar-refractivity contribution < 1.29 is 21.3 Å². The van der Waals surface area contributed by atoms with Crippen molar-refractivity contribution in [2.75, 3.05) is 12.4 Å². The average molecular weight is 214 g/mol. The summed E-state index contributed by atoms with van der Waals surface area (Å²) in [6.45, 7) is 0.719. The van der Waals surface area contributed by atoms with Gasteiger partial charge in [0.25, 0.3) is 0 Å². The van der Waals surface area contributed by atoms with Gasteiger partial charge < -0.3 is 4.74 Å². The monoisotopic (exact) mass is 214 g/mol. The molecule has 1 fully saturated rings. The first kappa shape index (κ1) is 10.3. The molecule has 0 spiro atoms. The van der Waals surface area contributed by atoms with E-state index in [-0.39, 0.29) is 6.10 Å². The van der Waals surface area contributed by atoms with E-state index in [9.17, 15) is 8.42 Å². The van der Waals surface area contributed by atoms with Crippen molar-refractivity contribution in [2.45, 2.75) is 18.9 Å². The maximum Gasteiger partial charge on any atom is 0.408 e. The molecule has 1 unspecified atom stereocenters. The summed E-state index contributed by atoms with van der Waals surface area (Å²) in [7, 11) is -4.31. The minimum Gasteiger partial charge on any atom is -0.377 e. The van der Waals surface area contributed by atoms with E-state index in [1.807, 2.05) is 0 Å². The van der Waals surface area contributed by atoms with E-state index >= 15 is 0 Å². The molecule has 0 aromatic rings. The predicted molar refractivity (Wildman–Crippen MR) is 44.1 cm³/mol. The van der Waals surface area contributed by atoms with Gasteiger partial charge in [-0.05, 0) is 12.8 Å². The molecular formula is C5H10O5S2. The van der Waals surface area contributed by atoms with Gasteiger partial charge in [0.2, 0.25) is 0 Å². The van der Waals surface area contributed by atoms with Crippen LogP contribution in [0, 0.1) is 0 Å². The Kier molecular flexibility index (Phi) is 3.78. The van der Waals surface area contributed by atoms with Crippen LogP contribution in [0.2, 0.25) is 0 Å². The first-order chi connectivity index (χ1) is 5.58. The Morgan fingerprint density at radius 3 is 2.92 bits per heavy atom. The number of hydrogen-bond acceptors (Lipinski definition) is 5. The molecule has 1 rings (SSSR count). The van der Waals surface area contributed by atoms with Crippen molar-refractivity contribution in [1.82, 2.24) is 0 Å². The van der Waals surface area contributed by atoms with Crippen molar-refractivity contribution in [1.29, 1.82) is 0 Å². The molecule has 1 heterocycles. The SMILES string of the molecule is O=S(=O)(O)OSCC1CCCO1. The molecule has 0 aliphatic carbocycles. The Bertz CT molecular complexity index is 218. The fourth-order valence-corrected chi connectivity index (χ4v) is 2.06. The Hall–Kier alpha value is 0.180. The van der Waals surface area contributed by atoms with Crippen LogP contribution in [0.5, 0.6) is 0 Å². The molecule has 72 valence electrons. The van der Waals surface area contributed by atoms with Crippen LogP contribution >= 0.6 is 12.0 Å². The molecular weight excluding hydrogens is 204 g/mol. The molecule has 1 atom stereocenters. The van der Waals surface area contributed by atoms with Crippen LogP contribution in [0.4, 0.5) is 0 Å². The van der Waals surface area contributed by atoms with Crippen LogP contribution in [-0.4, -0.2) is 31.4 Å². The highest BCUT2D eigenvalue weighted by Gasteiger charge is 2.17. The normalized spacial score (nSPS) is 24.6. The Morgan fingerprint density at radius 2 is 2.42 bits per heavy atom. The molecule has 5 nitrogen and oxygen atoms in total. The number of ether oxygens (including phenoxy) is 1. The molecule has 1 saturated heterocycles. The van der Waals surface area contributed by atoms with E-state index in [2.05, 4.69) is 3.63 Å². The molecule has 0 amide bonds. The van der Waals surface area contributed by atoms with Crippen molar-refractivity contribution in [3.63, 3.8) is 0 Å². The summed E-state index contributed by atoms with van der Waals surface area (Å²) in [4.78, 5) is 0. The van der Waals surface area contributed by atoms with Gasteiger partial charge in [-0.25, -0.2) is 0 Å². The van der Waals surface area contributed by atoms with E-state index in [1.165, 1.54) is 0 Å². The van der Waals surface area contributed by atoms with E-state index in [4.69, 9.17) is 9.29 Å². The van der Waals surface area contributed by atoms with Gasteiger partial charge in [-0.1, -0.05) is 0 Å². The highest BCUT2D eigenvalue weighted by molar-refractivity contribution is 8.02. The smallest absolute Gasteiger partial charge is 0.377 e. The van der Waals surface area contributed by atoms with Crippen LogP contribution in [0.25, 0.3) is 0 Å². The third-order valence-corrected chi connectivity index (χ3v) is 2.99. The van der Waals surface area contributed by atoms with E-state index < -0.39 is 10.4 Å². The number of hydrogen-bond donors (Lipinski definition) is 1. The van der Waals surface area contributed by atoms with Crippen LogP contribution in [0.3, 0.4) is 0 Å².